The van der Waals surface area contributed by atoms with Crippen LogP contribution in [0.1, 0.15) is 27.1 Å². The smallest absolute Gasteiger partial charge is 1.00 e. The fraction of sp³-hybridized carbons (Fsp3) is 1.00. The van der Waals surface area contributed by atoms with Crippen molar-refractivity contribution in [2.45, 2.75) is 48.8 Å². The van der Waals surface area contributed by atoms with Crippen LogP contribution in [0.25, 0.3) is 0 Å². The average molecular weight is 525 g/mol. The summed E-state index contributed by atoms with van der Waals surface area (Å²) in [5.74, 6) is 0. The summed E-state index contributed by atoms with van der Waals surface area (Å²) in [6.07, 6.45) is 0.0469. The quantitative estimate of drug-likeness (QED) is 0.338. The Balaban J connectivity index is -0.00000161. The van der Waals surface area contributed by atoms with Gasteiger partial charge in [0, 0.05) is 47.7 Å². The summed E-state index contributed by atoms with van der Waals surface area (Å²) >= 11 is 0. The van der Waals surface area contributed by atoms with Crippen LogP contribution >= 0.6 is 0 Å². The standard InChI is InChI=1S/C8H12F6N2O4S2.La.Li.H/c9-7(10,11)21(17,18)15-5-3-1-2-4-6(5)16-22(19,20)8(12,13)14;;;/h5-6,15-16H,1-4H2;;;/q;;+1;-1/t5-,6-;;;/m1.../s1. The predicted molar refractivity (Wildman–Crippen MR) is 63.4 cm³/mol. The molecule has 1 radical (unpaired) electrons. The molecule has 137 valence electrons. The first kappa shape index (κ1) is 27.4. The van der Waals surface area contributed by atoms with Crippen molar-refractivity contribution in [1.29, 1.82) is 0 Å². The molecule has 0 spiro atoms. The number of hydrogen-bond acceptors (Lipinski definition) is 4. The van der Waals surface area contributed by atoms with Crippen molar-refractivity contribution in [3.05, 3.63) is 0 Å². The maximum atomic E-state index is 12.3. The van der Waals surface area contributed by atoms with Gasteiger partial charge in [-0.1, -0.05) is 12.8 Å². The Morgan fingerprint density at radius 1 is 0.750 bits per heavy atom. The van der Waals surface area contributed by atoms with Crippen molar-refractivity contribution in [3.63, 3.8) is 0 Å². The van der Waals surface area contributed by atoms with Crippen molar-refractivity contribution in [3.8, 4) is 0 Å². The minimum absolute atomic E-state index is 0. The molecule has 2 N–H and O–H groups in total. The zero-order chi connectivity index (χ0) is 17.4. The normalized spacial score (nSPS) is 23.1. The molecule has 2 atom stereocenters. The summed E-state index contributed by atoms with van der Waals surface area (Å²) < 4.78 is 120. The van der Waals surface area contributed by atoms with Gasteiger partial charge < -0.3 is 1.43 Å². The Bertz CT molecular complexity index is 561. The number of halogens is 6. The molecule has 0 saturated heterocycles. The molecule has 0 bridgehead atoms. The van der Waals surface area contributed by atoms with E-state index in [4.69, 9.17) is 0 Å². The second kappa shape index (κ2) is 9.41. The molecule has 0 aliphatic heterocycles. The molecule has 1 aliphatic rings. The molecule has 1 fully saturated rings. The van der Waals surface area contributed by atoms with Crippen molar-refractivity contribution in [2.24, 2.45) is 0 Å². The number of alkyl halides is 6. The fourth-order valence-corrected chi connectivity index (χ4v) is 3.57. The molecule has 0 aromatic heterocycles. The van der Waals surface area contributed by atoms with Crippen molar-refractivity contribution < 1.29 is 99.1 Å². The molecule has 6 nitrogen and oxygen atoms in total. The monoisotopic (exact) mass is 525 g/mol. The summed E-state index contributed by atoms with van der Waals surface area (Å²) in [4.78, 5) is 0. The minimum atomic E-state index is -5.79. The Labute approximate surface area is 176 Å². The van der Waals surface area contributed by atoms with E-state index in [1.807, 2.05) is 0 Å². The first-order valence-electron chi connectivity index (χ1n) is 5.84. The van der Waals surface area contributed by atoms with Gasteiger partial charge in [0.05, 0.1) is 0 Å². The van der Waals surface area contributed by atoms with Crippen LogP contribution in [0, 0.1) is 35.6 Å². The molecule has 0 unspecified atom stereocenters. The van der Waals surface area contributed by atoms with Crippen LogP contribution in [0.15, 0.2) is 0 Å². The zero-order valence-electron chi connectivity index (χ0n) is 13.3. The minimum Gasteiger partial charge on any atom is -1.00 e. The van der Waals surface area contributed by atoms with Crippen LogP contribution < -0.4 is 28.3 Å². The van der Waals surface area contributed by atoms with E-state index < -0.39 is 43.1 Å². The summed E-state index contributed by atoms with van der Waals surface area (Å²) in [6, 6.07) is -3.23. The molecule has 0 amide bonds. The van der Waals surface area contributed by atoms with E-state index in [1.54, 1.807) is 0 Å². The van der Waals surface area contributed by atoms with Crippen LogP contribution in [0.3, 0.4) is 0 Å². The Hall–Kier alpha value is 1.19. The van der Waals surface area contributed by atoms with E-state index in [2.05, 4.69) is 0 Å². The van der Waals surface area contributed by atoms with Crippen LogP contribution in [0.4, 0.5) is 26.3 Å². The topological polar surface area (TPSA) is 92.3 Å². The Kier molecular flexibility index (Phi) is 10.7. The third-order valence-electron chi connectivity index (χ3n) is 2.99. The van der Waals surface area contributed by atoms with E-state index in [1.165, 1.54) is 9.44 Å². The van der Waals surface area contributed by atoms with Crippen LogP contribution in [-0.2, 0) is 20.0 Å². The van der Waals surface area contributed by atoms with Gasteiger partial charge in [0.25, 0.3) is 0 Å². The van der Waals surface area contributed by atoms with Gasteiger partial charge in [0.15, 0.2) is 0 Å². The molecular formula is C8H13F6LaLiN2O4S2. The van der Waals surface area contributed by atoms with Crippen LogP contribution in [-0.4, -0.2) is 39.9 Å². The van der Waals surface area contributed by atoms with Gasteiger partial charge in [0.1, 0.15) is 0 Å². The van der Waals surface area contributed by atoms with Crippen LogP contribution in [0.5, 0.6) is 0 Å². The molecule has 0 aromatic carbocycles. The van der Waals surface area contributed by atoms with Gasteiger partial charge in [-0.15, -0.1) is 0 Å². The number of hydrogen-bond donors (Lipinski definition) is 2. The van der Waals surface area contributed by atoms with E-state index >= 15 is 0 Å². The third kappa shape index (κ3) is 7.07. The summed E-state index contributed by atoms with van der Waals surface area (Å²) in [7, 11) is -11.6. The molecular weight excluding hydrogens is 512 g/mol. The van der Waals surface area contributed by atoms with E-state index in [-0.39, 0.29) is 81.6 Å². The SMILES string of the molecule is O=S(=O)(N[C@@H]1CCCC[C@H]1NS(=O)(=O)C(F)(F)F)C(F)(F)F.[H-].[La].[Li+]. The van der Waals surface area contributed by atoms with Crippen molar-refractivity contribution in [1.82, 2.24) is 9.44 Å². The first-order chi connectivity index (χ1) is 9.67. The number of nitrogens with one attached hydrogen (secondary N) is 2. The predicted octanol–water partition coefficient (Wildman–Crippen LogP) is -1.71. The molecule has 24 heavy (non-hydrogen) atoms. The van der Waals surface area contributed by atoms with Gasteiger partial charge in [-0.05, 0) is 12.8 Å². The zero-order valence-corrected chi connectivity index (χ0v) is 17.5. The van der Waals surface area contributed by atoms with E-state index in [0.717, 1.165) is 0 Å². The van der Waals surface area contributed by atoms with Crippen molar-refractivity contribution >= 4 is 20.0 Å². The third-order valence-corrected chi connectivity index (χ3v) is 5.43. The average Bonchev–Trinajstić information content (AvgIpc) is 2.28. The van der Waals surface area contributed by atoms with E-state index in [0.29, 0.717) is 0 Å². The molecule has 1 aliphatic carbocycles. The molecule has 16 heteroatoms. The molecule has 1 rings (SSSR count). The fourth-order valence-electron chi connectivity index (χ4n) is 1.95. The number of rotatable bonds is 4. The summed E-state index contributed by atoms with van der Waals surface area (Å²) in [5, 5.41) is 0. The Morgan fingerprint density at radius 3 is 1.21 bits per heavy atom. The summed E-state index contributed by atoms with van der Waals surface area (Å²) in [6.45, 7) is 0. The molecule has 0 heterocycles. The Morgan fingerprint density at radius 2 is 1.00 bits per heavy atom. The van der Waals surface area contributed by atoms with Crippen molar-refractivity contribution in [2.75, 3.05) is 0 Å². The maximum Gasteiger partial charge on any atom is 1.00 e. The van der Waals surface area contributed by atoms with Gasteiger partial charge in [-0.25, -0.2) is 26.3 Å². The first-order valence-corrected chi connectivity index (χ1v) is 8.81. The second-order valence-corrected chi connectivity index (χ2v) is 8.04. The van der Waals surface area contributed by atoms with Gasteiger partial charge in [-0.3, -0.25) is 0 Å². The van der Waals surface area contributed by atoms with E-state index in [9.17, 15) is 43.2 Å². The second-order valence-electron chi connectivity index (χ2n) is 4.63. The number of sulfonamides is 2. The van der Waals surface area contributed by atoms with Gasteiger partial charge in [-0.2, -0.15) is 26.3 Å². The largest absolute Gasteiger partial charge is 1.00 e. The molecule has 0 aromatic rings. The maximum absolute atomic E-state index is 12.3. The summed E-state index contributed by atoms with van der Waals surface area (Å²) in [5.41, 5.74) is -11.3. The molecule has 1 saturated carbocycles. The van der Waals surface area contributed by atoms with Gasteiger partial charge in [0.2, 0.25) is 0 Å². The van der Waals surface area contributed by atoms with Gasteiger partial charge >= 0.3 is 49.9 Å². The van der Waals surface area contributed by atoms with Crippen LogP contribution in [0.2, 0.25) is 0 Å².